The Balaban J connectivity index is 1.93. The highest BCUT2D eigenvalue weighted by Gasteiger charge is 2.13. The van der Waals surface area contributed by atoms with Crippen LogP contribution in [0.5, 0.6) is 5.75 Å². The van der Waals surface area contributed by atoms with Gasteiger partial charge in [0, 0.05) is 12.2 Å². The molecule has 0 aliphatic carbocycles. The van der Waals surface area contributed by atoms with E-state index in [0.717, 1.165) is 17.0 Å². The van der Waals surface area contributed by atoms with Crippen molar-refractivity contribution in [2.24, 2.45) is 0 Å². The fourth-order valence-electron chi connectivity index (χ4n) is 2.32. The molecular formula is C19H24N2O2. The van der Waals surface area contributed by atoms with Gasteiger partial charge < -0.3 is 10.1 Å². The third-order valence-electron chi connectivity index (χ3n) is 3.82. The third-order valence-corrected chi connectivity index (χ3v) is 3.82. The Hall–Kier alpha value is -2.49. The maximum Gasteiger partial charge on any atom is 0.324 e. The Morgan fingerprint density at radius 1 is 1.09 bits per heavy atom. The predicted molar refractivity (Wildman–Crippen MR) is 94.1 cm³/mol. The summed E-state index contributed by atoms with van der Waals surface area (Å²) in [5.74, 6) is 0.756. The summed E-state index contributed by atoms with van der Waals surface area (Å²) in [4.78, 5) is 14.0. The Bertz CT molecular complexity index is 683. The first kappa shape index (κ1) is 16.9. The molecule has 0 aliphatic heterocycles. The SMILES string of the molecule is CCN(C(=O)NCOc1ccc(C)c(C)c1)c1cccc(C)c1. The van der Waals surface area contributed by atoms with E-state index < -0.39 is 0 Å². The molecule has 23 heavy (non-hydrogen) atoms. The monoisotopic (exact) mass is 312 g/mol. The standard InChI is InChI=1S/C19H24N2O2/c1-5-21(17-8-6-7-14(2)11-17)19(22)20-13-23-18-10-9-15(3)16(4)12-18/h6-12H,5,13H2,1-4H3,(H,20,22). The van der Waals surface area contributed by atoms with Gasteiger partial charge in [0.2, 0.25) is 0 Å². The van der Waals surface area contributed by atoms with Crippen LogP contribution < -0.4 is 15.0 Å². The Morgan fingerprint density at radius 2 is 1.87 bits per heavy atom. The first-order valence-electron chi connectivity index (χ1n) is 7.83. The van der Waals surface area contributed by atoms with Gasteiger partial charge in [0.25, 0.3) is 0 Å². The van der Waals surface area contributed by atoms with Crippen LogP contribution in [0.15, 0.2) is 42.5 Å². The molecule has 0 saturated heterocycles. The molecule has 0 unspecified atom stereocenters. The van der Waals surface area contributed by atoms with Gasteiger partial charge in [0.05, 0.1) is 0 Å². The zero-order valence-electron chi connectivity index (χ0n) is 14.2. The van der Waals surface area contributed by atoms with Crippen molar-refractivity contribution >= 4 is 11.7 Å². The zero-order chi connectivity index (χ0) is 16.8. The van der Waals surface area contributed by atoms with Crippen LogP contribution in [-0.2, 0) is 0 Å². The third kappa shape index (κ3) is 4.49. The number of benzene rings is 2. The molecule has 4 nitrogen and oxygen atoms in total. The quantitative estimate of drug-likeness (QED) is 0.841. The number of nitrogens with one attached hydrogen (secondary N) is 1. The fraction of sp³-hybridized carbons (Fsp3) is 0.316. The number of aryl methyl sites for hydroxylation is 3. The molecule has 0 fully saturated rings. The molecule has 122 valence electrons. The van der Waals surface area contributed by atoms with Crippen LogP contribution in [0.4, 0.5) is 10.5 Å². The van der Waals surface area contributed by atoms with E-state index in [-0.39, 0.29) is 12.8 Å². The number of nitrogens with zero attached hydrogens (tertiary/aromatic N) is 1. The Morgan fingerprint density at radius 3 is 2.52 bits per heavy atom. The summed E-state index contributed by atoms with van der Waals surface area (Å²) in [6, 6.07) is 13.6. The highest BCUT2D eigenvalue weighted by atomic mass is 16.5. The maximum absolute atomic E-state index is 12.3. The van der Waals surface area contributed by atoms with Crippen molar-refractivity contribution in [3.8, 4) is 5.75 Å². The van der Waals surface area contributed by atoms with Crippen LogP contribution in [-0.4, -0.2) is 19.3 Å². The predicted octanol–water partition coefficient (Wildman–Crippen LogP) is 4.18. The van der Waals surface area contributed by atoms with Gasteiger partial charge in [-0.15, -0.1) is 0 Å². The fourth-order valence-corrected chi connectivity index (χ4v) is 2.32. The van der Waals surface area contributed by atoms with Gasteiger partial charge in [-0.25, -0.2) is 4.79 Å². The lowest BCUT2D eigenvalue weighted by Crippen LogP contribution is -2.41. The number of amides is 2. The van der Waals surface area contributed by atoms with Gasteiger partial charge in [-0.1, -0.05) is 18.2 Å². The lowest BCUT2D eigenvalue weighted by molar-refractivity contribution is 0.229. The minimum atomic E-state index is -0.165. The number of urea groups is 1. The van der Waals surface area contributed by atoms with Crippen molar-refractivity contribution in [1.29, 1.82) is 0 Å². The van der Waals surface area contributed by atoms with Gasteiger partial charge >= 0.3 is 6.03 Å². The van der Waals surface area contributed by atoms with Crippen LogP contribution >= 0.6 is 0 Å². The van der Waals surface area contributed by atoms with Crippen LogP contribution in [0.25, 0.3) is 0 Å². The van der Waals surface area contributed by atoms with Crippen LogP contribution in [0.3, 0.4) is 0 Å². The van der Waals surface area contributed by atoms with E-state index in [1.807, 2.05) is 63.2 Å². The first-order chi connectivity index (χ1) is 11.0. The number of hydrogen-bond acceptors (Lipinski definition) is 2. The molecule has 2 aromatic rings. The van der Waals surface area contributed by atoms with Gasteiger partial charge in [-0.3, -0.25) is 4.90 Å². The van der Waals surface area contributed by atoms with Gasteiger partial charge in [-0.05, 0) is 68.7 Å². The molecule has 0 aromatic heterocycles. The van der Waals surface area contributed by atoms with Crippen LogP contribution in [0, 0.1) is 20.8 Å². The molecule has 2 rings (SSSR count). The van der Waals surface area contributed by atoms with Crippen molar-refractivity contribution in [2.45, 2.75) is 27.7 Å². The lowest BCUT2D eigenvalue weighted by atomic mass is 10.1. The summed E-state index contributed by atoms with van der Waals surface area (Å²) < 4.78 is 5.61. The average Bonchev–Trinajstić information content (AvgIpc) is 2.52. The maximum atomic E-state index is 12.3. The Kier molecular flexibility index (Phi) is 5.63. The molecule has 0 saturated carbocycles. The molecule has 2 amide bonds. The van der Waals surface area contributed by atoms with E-state index in [2.05, 4.69) is 12.2 Å². The van der Waals surface area contributed by atoms with Crippen molar-refractivity contribution in [1.82, 2.24) is 5.32 Å². The smallest absolute Gasteiger partial charge is 0.324 e. The van der Waals surface area contributed by atoms with Crippen molar-refractivity contribution < 1.29 is 9.53 Å². The second-order valence-corrected chi connectivity index (χ2v) is 5.60. The van der Waals surface area contributed by atoms with Crippen LogP contribution in [0.2, 0.25) is 0 Å². The minimum Gasteiger partial charge on any atom is -0.473 e. The number of carbonyl (C=O) groups is 1. The number of hydrogen-bond donors (Lipinski definition) is 1. The van der Waals surface area contributed by atoms with Gasteiger partial charge in [-0.2, -0.15) is 0 Å². The molecule has 0 atom stereocenters. The van der Waals surface area contributed by atoms with E-state index in [9.17, 15) is 4.79 Å². The van der Waals surface area contributed by atoms with Crippen molar-refractivity contribution in [3.05, 3.63) is 59.2 Å². The second-order valence-electron chi connectivity index (χ2n) is 5.60. The highest BCUT2D eigenvalue weighted by Crippen LogP contribution is 2.17. The molecule has 2 aromatic carbocycles. The summed E-state index contributed by atoms with van der Waals surface area (Å²) in [6.45, 7) is 8.80. The van der Waals surface area contributed by atoms with E-state index in [1.54, 1.807) is 4.90 Å². The molecule has 1 N–H and O–H groups in total. The molecule has 0 bridgehead atoms. The minimum absolute atomic E-state index is 0.143. The van der Waals surface area contributed by atoms with Gasteiger partial charge in [0.1, 0.15) is 5.75 Å². The van der Waals surface area contributed by atoms with Crippen molar-refractivity contribution in [2.75, 3.05) is 18.2 Å². The van der Waals surface area contributed by atoms with E-state index in [1.165, 1.54) is 11.1 Å². The van der Waals surface area contributed by atoms with E-state index >= 15 is 0 Å². The number of ether oxygens (including phenoxy) is 1. The molecule has 0 heterocycles. The topological polar surface area (TPSA) is 41.6 Å². The average molecular weight is 312 g/mol. The molecular weight excluding hydrogens is 288 g/mol. The number of rotatable bonds is 5. The van der Waals surface area contributed by atoms with E-state index in [0.29, 0.717) is 6.54 Å². The highest BCUT2D eigenvalue weighted by molar-refractivity contribution is 5.91. The summed E-state index contributed by atoms with van der Waals surface area (Å²) in [7, 11) is 0. The summed E-state index contributed by atoms with van der Waals surface area (Å²) >= 11 is 0. The largest absolute Gasteiger partial charge is 0.473 e. The summed E-state index contributed by atoms with van der Waals surface area (Å²) in [5.41, 5.74) is 4.40. The second kappa shape index (κ2) is 7.68. The first-order valence-corrected chi connectivity index (χ1v) is 7.83. The number of anilines is 1. The summed E-state index contributed by atoms with van der Waals surface area (Å²) in [5, 5.41) is 2.80. The molecule has 0 radical (unpaired) electrons. The van der Waals surface area contributed by atoms with Crippen LogP contribution in [0.1, 0.15) is 23.6 Å². The van der Waals surface area contributed by atoms with E-state index in [4.69, 9.17) is 4.74 Å². The van der Waals surface area contributed by atoms with Crippen molar-refractivity contribution in [3.63, 3.8) is 0 Å². The summed E-state index contributed by atoms with van der Waals surface area (Å²) in [6.07, 6.45) is 0. The lowest BCUT2D eigenvalue weighted by Gasteiger charge is -2.22. The zero-order valence-corrected chi connectivity index (χ0v) is 14.2. The molecule has 0 spiro atoms. The number of carbonyl (C=O) groups excluding carboxylic acids is 1. The normalized spacial score (nSPS) is 10.3. The Labute approximate surface area is 138 Å². The van der Waals surface area contributed by atoms with Gasteiger partial charge in [0.15, 0.2) is 6.73 Å². The molecule has 0 aliphatic rings. The molecule has 4 heteroatoms.